The van der Waals surface area contributed by atoms with Gasteiger partial charge in [-0.15, -0.1) is 0 Å². The standard InChI is InChI=1S/C26H28N4O4/c1-34-24-10-19(7-8-22(24)20-13-28-29-14-20)26(33)30-15-21(31)11-23(30)17-3-2-4-18(9-17)25(32)27-12-16-5-6-16/h2-4,7-10,13-14,16,21,23,31H,5-6,11-12,15H2,1H3,(H,27,32)(H,28,29)/t21?,23-/m1/s1. The van der Waals surface area contributed by atoms with Gasteiger partial charge in [0.25, 0.3) is 11.8 Å². The zero-order valence-corrected chi connectivity index (χ0v) is 19.0. The Labute approximate surface area is 197 Å². The van der Waals surface area contributed by atoms with Gasteiger partial charge in [0.15, 0.2) is 0 Å². The van der Waals surface area contributed by atoms with Gasteiger partial charge in [-0.05, 0) is 61.1 Å². The molecule has 2 aromatic carbocycles. The highest BCUT2D eigenvalue weighted by Crippen LogP contribution is 2.36. The van der Waals surface area contributed by atoms with Crippen LogP contribution in [0.5, 0.6) is 5.75 Å². The minimum absolute atomic E-state index is 0.107. The molecule has 0 bridgehead atoms. The number of amides is 2. The molecular weight excluding hydrogens is 432 g/mol. The molecule has 5 rings (SSSR count). The lowest BCUT2D eigenvalue weighted by molar-refractivity contribution is 0.0715. The molecule has 8 nitrogen and oxygen atoms in total. The number of aromatic amines is 1. The number of nitrogens with zero attached hydrogens (tertiary/aromatic N) is 2. The Morgan fingerprint density at radius 1 is 1.21 bits per heavy atom. The van der Waals surface area contributed by atoms with Crippen LogP contribution >= 0.6 is 0 Å². The van der Waals surface area contributed by atoms with E-state index in [0.717, 1.165) is 16.7 Å². The second-order valence-electron chi connectivity index (χ2n) is 9.04. The molecule has 1 saturated carbocycles. The molecule has 1 aliphatic carbocycles. The summed E-state index contributed by atoms with van der Waals surface area (Å²) in [6.45, 7) is 0.930. The van der Waals surface area contributed by atoms with Crippen molar-refractivity contribution in [3.8, 4) is 16.9 Å². The zero-order chi connectivity index (χ0) is 23.7. The number of hydrogen-bond donors (Lipinski definition) is 3. The van der Waals surface area contributed by atoms with Crippen molar-refractivity contribution >= 4 is 11.8 Å². The summed E-state index contributed by atoms with van der Waals surface area (Å²) in [6, 6.07) is 12.3. The third kappa shape index (κ3) is 4.54. The van der Waals surface area contributed by atoms with Gasteiger partial charge in [0, 0.05) is 41.5 Å². The van der Waals surface area contributed by atoms with E-state index in [0.29, 0.717) is 35.8 Å². The van der Waals surface area contributed by atoms with Crippen molar-refractivity contribution in [2.24, 2.45) is 5.92 Å². The number of likely N-dealkylation sites (tertiary alicyclic amines) is 1. The van der Waals surface area contributed by atoms with Crippen molar-refractivity contribution < 1.29 is 19.4 Å². The summed E-state index contributed by atoms with van der Waals surface area (Å²) < 4.78 is 5.54. The molecule has 34 heavy (non-hydrogen) atoms. The number of aliphatic hydroxyl groups is 1. The molecule has 2 fully saturated rings. The Bertz CT molecular complexity index is 1190. The molecule has 0 spiro atoms. The Hall–Kier alpha value is -3.65. The lowest BCUT2D eigenvalue weighted by Crippen LogP contribution is -2.32. The molecule has 176 valence electrons. The summed E-state index contributed by atoms with van der Waals surface area (Å²) >= 11 is 0. The van der Waals surface area contributed by atoms with E-state index in [-0.39, 0.29) is 24.4 Å². The monoisotopic (exact) mass is 460 g/mol. The van der Waals surface area contributed by atoms with Crippen molar-refractivity contribution in [2.75, 3.05) is 20.2 Å². The van der Waals surface area contributed by atoms with Crippen molar-refractivity contribution in [3.05, 3.63) is 71.5 Å². The highest BCUT2D eigenvalue weighted by Gasteiger charge is 2.36. The minimum atomic E-state index is -0.631. The summed E-state index contributed by atoms with van der Waals surface area (Å²) in [6.07, 6.45) is 5.59. The van der Waals surface area contributed by atoms with Crippen molar-refractivity contribution in [2.45, 2.75) is 31.4 Å². The van der Waals surface area contributed by atoms with Crippen LogP contribution in [-0.2, 0) is 0 Å². The normalized spacial score (nSPS) is 19.8. The van der Waals surface area contributed by atoms with Gasteiger partial charge >= 0.3 is 0 Å². The fourth-order valence-electron chi connectivity index (χ4n) is 4.53. The van der Waals surface area contributed by atoms with E-state index in [1.807, 2.05) is 24.3 Å². The Kier molecular flexibility index (Phi) is 6.06. The number of carbonyl (C=O) groups excluding carboxylic acids is 2. The van der Waals surface area contributed by atoms with Gasteiger partial charge in [-0.2, -0.15) is 5.10 Å². The molecule has 8 heteroatoms. The maximum atomic E-state index is 13.5. The second-order valence-corrected chi connectivity index (χ2v) is 9.04. The fourth-order valence-corrected chi connectivity index (χ4v) is 4.53. The van der Waals surface area contributed by atoms with Crippen LogP contribution in [0, 0.1) is 5.92 Å². The molecule has 1 aliphatic heterocycles. The van der Waals surface area contributed by atoms with Gasteiger partial charge in [-0.25, -0.2) is 0 Å². The summed E-state index contributed by atoms with van der Waals surface area (Å²) in [5, 5.41) is 20.2. The Morgan fingerprint density at radius 3 is 2.79 bits per heavy atom. The first-order chi connectivity index (χ1) is 16.5. The number of nitrogens with one attached hydrogen (secondary N) is 2. The predicted molar refractivity (Wildman–Crippen MR) is 126 cm³/mol. The smallest absolute Gasteiger partial charge is 0.254 e. The first-order valence-electron chi connectivity index (χ1n) is 11.6. The maximum absolute atomic E-state index is 13.5. The summed E-state index contributed by atoms with van der Waals surface area (Å²) in [4.78, 5) is 27.8. The quantitative estimate of drug-likeness (QED) is 0.502. The van der Waals surface area contributed by atoms with Gasteiger partial charge in [0.2, 0.25) is 0 Å². The number of carbonyl (C=O) groups is 2. The summed E-state index contributed by atoms with van der Waals surface area (Å²) in [5.41, 5.74) is 3.57. The molecule has 1 saturated heterocycles. The van der Waals surface area contributed by atoms with Crippen LogP contribution in [0.2, 0.25) is 0 Å². The predicted octanol–water partition coefficient (Wildman–Crippen LogP) is 3.17. The number of β-amino-alcohol motifs (C(OH)–C–C–N with tert-alkyl or cyclic N) is 1. The van der Waals surface area contributed by atoms with Gasteiger partial charge in [-0.1, -0.05) is 12.1 Å². The van der Waals surface area contributed by atoms with E-state index >= 15 is 0 Å². The van der Waals surface area contributed by atoms with Crippen LogP contribution in [0.4, 0.5) is 0 Å². The lowest BCUT2D eigenvalue weighted by Gasteiger charge is -2.25. The van der Waals surface area contributed by atoms with Crippen molar-refractivity contribution in [3.63, 3.8) is 0 Å². The molecule has 1 unspecified atom stereocenters. The highest BCUT2D eigenvalue weighted by atomic mass is 16.5. The van der Waals surface area contributed by atoms with Crippen LogP contribution < -0.4 is 10.1 Å². The van der Waals surface area contributed by atoms with Gasteiger partial charge < -0.3 is 20.1 Å². The molecule has 2 atom stereocenters. The minimum Gasteiger partial charge on any atom is -0.496 e. The number of ether oxygens (including phenoxy) is 1. The van der Waals surface area contributed by atoms with E-state index in [4.69, 9.17) is 4.74 Å². The number of H-pyrrole nitrogens is 1. The average molecular weight is 461 g/mol. The first kappa shape index (κ1) is 22.2. The second kappa shape index (κ2) is 9.30. The van der Waals surface area contributed by atoms with Crippen LogP contribution in [0.25, 0.3) is 11.1 Å². The van der Waals surface area contributed by atoms with Gasteiger partial charge in [-0.3, -0.25) is 14.7 Å². The number of methoxy groups -OCH3 is 1. The van der Waals surface area contributed by atoms with Crippen LogP contribution in [0.15, 0.2) is 54.9 Å². The fraction of sp³-hybridized carbons (Fsp3) is 0.346. The third-order valence-corrected chi connectivity index (χ3v) is 6.58. The third-order valence-electron chi connectivity index (χ3n) is 6.58. The topological polar surface area (TPSA) is 108 Å². The van der Waals surface area contributed by atoms with Crippen LogP contribution in [0.3, 0.4) is 0 Å². The van der Waals surface area contributed by atoms with Crippen molar-refractivity contribution in [1.29, 1.82) is 0 Å². The molecule has 1 aromatic heterocycles. The van der Waals surface area contributed by atoms with E-state index in [2.05, 4.69) is 15.5 Å². The van der Waals surface area contributed by atoms with Crippen LogP contribution in [0.1, 0.15) is 51.6 Å². The molecule has 3 aromatic rings. The highest BCUT2D eigenvalue weighted by molar-refractivity contribution is 5.96. The number of hydrogen-bond acceptors (Lipinski definition) is 5. The van der Waals surface area contributed by atoms with E-state index in [1.54, 1.807) is 42.6 Å². The first-order valence-corrected chi connectivity index (χ1v) is 11.6. The van der Waals surface area contributed by atoms with Crippen molar-refractivity contribution in [1.82, 2.24) is 20.4 Å². The van der Waals surface area contributed by atoms with Gasteiger partial charge in [0.1, 0.15) is 5.75 Å². The molecule has 2 amide bonds. The molecule has 3 N–H and O–H groups in total. The van der Waals surface area contributed by atoms with Crippen LogP contribution in [-0.4, -0.2) is 58.3 Å². The molecular formula is C26H28N4O4. The maximum Gasteiger partial charge on any atom is 0.254 e. The Morgan fingerprint density at radius 2 is 2.06 bits per heavy atom. The number of rotatable bonds is 7. The average Bonchev–Trinajstić information content (AvgIpc) is 3.37. The van der Waals surface area contributed by atoms with E-state index < -0.39 is 6.10 Å². The molecule has 0 radical (unpaired) electrons. The lowest BCUT2D eigenvalue weighted by atomic mass is 10.00. The molecule has 2 aliphatic rings. The van der Waals surface area contributed by atoms with Gasteiger partial charge in [0.05, 0.1) is 25.5 Å². The number of benzene rings is 2. The van der Waals surface area contributed by atoms with E-state index in [1.165, 1.54) is 12.8 Å². The zero-order valence-electron chi connectivity index (χ0n) is 19.0. The summed E-state index contributed by atoms with van der Waals surface area (Å²) in [5.74, 6) is 0.868. The Balaban J connectivity index is 1.38. The summed E-state index contributed by atoms with van der Waals surface area (Å²) in [7, 11) is 1.56. The number of aliphatic hydroxyl groups excluding tert-OH is 1. The molecule has 2 heterocycles. The SMILES string of the molecule is COc1cc(C(=O)N2CC(O)C[C@@H]2c2cccc(C(=O)NCC3CC3)c2)ccc1-c1cn[nH]c1. The largest absolute Gasteiger partial charge is 0.496 e. The van der Waals surface area contributed by atoms with E-state index in [9.17, 15) is 14.7 Å². The number of aromatic nitrogens is 2.